The number of aromatic amines is 1. The lowest BCUT2D eigenvalue weighted by Gasteiger charge is -2.02. The third-order valence-corrected chi connectivity index (χ3v) is 3.10. The molecule has 7 nitrogen and oxygen atoms in total. The maximum absolute atomic E-state index is 11.5. The highest BCUT2D eigenvalue weighted by atomic mass is 32.1. The molecule has 90 valence electrons. The first kappa shape index (κ1) is 11.5. The van der Waals surface area contributed by atoms with Crippen molar-refractivity contribution in [2.24, 2.45) is 0 Å². The number of nitrogens with zero attached hydrogens (tertiary/aromatic N) is 3. The van der Waals surface area contributed by atoms with Crippen molar-refractivity contribution in [1.29, 1.82) is 0 Å². The molecule has 0 aliphatic rings. The fourth-order valence-corrected chi connectivity index (χ4v) is 1.99. The maximum Gasteiger partial charge on any atom is 0.328 e. The van der Waals surface area contributed by atoms with E-state index < -0.39 is 5.69 Å². The molecule has 0 aliphatic carbocycles. The smallest absolute Gasteiger partial charge is 0.328 e. The highest BCUT2D eigenvalue weighted by molar-refractivity contribution is 7.15. The van der Waals surface area contributed by atoms with Gasteiger partial charge in [-0.15, -0.1) is 10.2 Å². The van der Waals surface area contributed by atoms with Crippen LogP contribution in [0.2, 0.25) is 0 Å². The average molecular weight is 253 g/mol. The molecule has 0 saturated heterocycles. The van der Waals surface area contributed by atoms with Crippen molar-refractivity contribution in [3.8, 4) is 0 Å². The summed E-state index contributed by atoms with van der Waals surface area (Å²) in [5.41, 5.74) is -0.316. The van der Waals surface area contributed by atoms with Crippen molar-refractivity contribution in [2.45, 2.75) is 13.5 Å². The highest BCUT2D eigenvalue weighted by Gasteiger charge is 2.06. The van der Waals surface area contributed by atoms with Gasteiger partial charge >= 0.3 is 5.69 Å². The zero-order valence-electron chi connectivity index (χ0n) is 9.35. The minimum absolute atomic E-state index is 0.301. The molecule has 2 N–H and O–H groups in total. The number of aryl methyl sites for hydroxylation is 1. The van der Waals surface area contributed by atoms with Crippen molar-refractivity contribution in [2.75, 3.05) is 12.4 Å². The largest absolute Gasteiger partial charge is 0.363 e. The van der Waals surface area contributed by atoms with Crippen LogP contribution >= 0.6 is 11.3 Å². The van der Waals surface area contributed by atoms with Crippen LogP contribution < -0.4 is 16.6 Å². The molecule has 0 aromatic carbocycles. The van der Waals surface area contributed by atoms with Crippen LogP contribution in [0, 0.1) is 6.92 Å². The topological polar surface area (TPSA) is 92.7 Å². The van der Waals surface area contributed by atoms with E-state index in [0.717, 1.165) is 0 Å². The molecule has 2 aromatic heterocycles. The van der Waals surface area contributed by atoms with Gasteiger partial charge in [0.1, 0.15) is 5.01 Å². The predicted molar refractivity (Wildman–Crippen MR) is 64.6 cm³/mol. The minimum Gasteiger partial charge on any atom is -0.363 e. The Bertz CT molecular complexity index is 641. The minimum atomic E-state index is -0.443. The molecule has 0 saturated carbocycles. The Labute approximate surface area is 100 Å². The van der Waals surface area contributed by atoms with Crippen molar-refractivity contribution < 1.29 is 0 Å². The highest BCUT2D eigenvalue weighted by Crippen LogP contribution is 2.14. The second-order valence-electron chi connectivity index (χ2n) is 3.45. The van der Waals surface area contributed by atoms with Gasteiger partial charge in [-0.25, -0.2) is 4.79 Å². The third-order valence-electron chi connectivity index (χ3n) is 2.18. The monoisotopic (exact) mass is 253 g/mol. The maximum atomic E-state index is 11.5. The number of nitrogens with one attached hydrogen (secondary N) is 2. The molecule has 0 bridgehead atoms. The molecule has 0 aliphatic heterocycles. The molecule has 0 spiro atoms. The molecule has 2 rings (SSSR count). The van der Waals surface area contributed by atoms with Crippen molar-refractivity contribution in [3.63, 3.8) is 0 Å². The summed E-state index contributed by atoms with van der Waals surface area (Å²) in [5, 5.41) is 12.1. The lowest BCUT2D eigenvalue weighted by molar-refractivity contribution is 0.703. The van der Waals surface area contributed by atoms with Gasteiger partial charge < -0.3 is 5.32 Å². The lowest BCUT2D eigenvalue weighted by atomic mass is 10.4. The van der Waals surface area contributed by atoms with E-state index in [-0.39, 0.29) is 5.56 Å². The van der Waals surface area contributed by atoms with Gasteiger partial charge in [-0.05, 0) is 6.92 Å². The summed E-state index contributed by atoms with van der Waals surface area (Å²) in [6.07, 6.45) is 1.52. The Morgan fingerprint density at radius 1 is 1.47 bits per heavy atom. The summed E-state index contributed by atoms with van der Waals surface area (Å²) in [5.74, 6) is 0. The summed E-state index contributed by atoms with van der Waals surface area (Å²) in [7, 11) is 1.75. The van der Waals surface area contributed by atoms with E-state index in [2.05, 4.69) is 20.5 Å². The summed E-state index contributed by atoms with van der Waals surface area (Å²) < 4.78 is 1.40. The fourth-order valence-electron chi connectivity index (χ4n) is 1.30. The molecule has 2 aromatic rings. The number of anilines is 1. The zero-order valence-corrected chi connectivity index (χ0v) is 10.2. The van der Waals surface area contributed by atoms with E-state index in [1.54, 1.807) is 14.0 Å². The first-order valence-corrected chi connectivity index (χ1v) is 5.72. The first-order valence-electron chi connectivity index (χ1n) is 4.90. The summed E-state index contributed by atoms with van der Waals surface area (Å²) in [6.45, 7) is 1.95. The van der Waals surface area contributed by atoms with E-state index in [1.165, 1.54) is 22.1 Å². The van der Waals surface area contributed by atoms with Gasteiger partial charge in [0.15, 0.2) is 0 Å². The molecule has 0 radical (unpaired) electrons. The van der Waals surface area contributed by atoms with E-state index in [0.29, 0.717) is 22.2 Å². The van der Waals surface area contributed by atoms with Crippen LogP contribution in [-0.2, 0) is 6.54 Å². The number of hydrogen-bond donors (Lipinski definition) is 2. The van der Waals surface area contributed by atoms with E-state index in [1.807, 2.05) is 0 Å². The summed E-state index contributed by atoms with van der Waals surface area (Å²) >= 11 is 1.36. The van der Waals surface area contributed by atoms with Crippen molar-refractivity contribution in [1.82, 2.24) is 19.7 Å². The van der Waals surface area contributed by atoms with E-state index in [9.17, 15) is 9.59 Å². The van der Waals surface area contributed by atoms with Crippen LogP contribution in [0.25, 0.3) is 0 Å². The Morgan fingerprint density at radius 2 is 2.24 bits per heavy atom. The second-order valence-corrected chi connectivity index (χ2v) is 4.51. The van der Waals surface area contributed by atoms with Gasteiger partial charge in [-0.3, -0.25) is 14.3 Å². The van der Waals surface area contributed by atoms with Crippen LogP contribution in [0.3, 0.4) is 0 Å². The number of H-pyrrole nitrogens is 1. The van der Waals surface area contributed by atoms with E-state index >= 15 is 0 Å². The molecular weight excluding hydrogens is 242 g/mol. The van der Waals surface area contributed by atoms with Gasteiger partial charge in [0.25, 0.3) is 5.56 Å². The average Bonchev–Trinajstić information content (AvgIpc) is 2.73. The standard InChI is InChI=1S/C9H11N5O2S/c1-5-3-14(9(16)11-7(5)15)4-6-12-13-8(10-2)17-6/h3H,4H2,1-2H3,(H,10,13)(H,11,15,16). The third kappa shape index (κ3) is 2.41. The first-order chi connectivity index (χ1) is 8.10. The van der Waals surface area contributed by atoms with Gasteiger partial charge in [-0.2, -0.15) is 0 Å². The molecule has 0 fully saturated rings. The molecular formula is C9H11N5O2S. The Hall–Kier alpha value is -1.96. The molecule has 0 amide bonds. The Balaban J connectivity index is 2.33. The van der Waals surface area contributed by atoms with Crippen LogP contribution in [0.5, 0.6) is 0 Å². The molecule has 17 heavy (non-hydrogen) atoms. The van der Waals surface area contributed by atoms with Gasteiger partial charge in [0.2, 0.25) is 5.13 Å². The Morgan fingerprint density at radius 3 is 2.88 bits per heavy atom. The molecule has 2 heterocycles. The lowest BCUT2D eigenvalue weighted by Crippen LogP contribution is -2.31. The summed E-state index contributed by atoms with van der Waals surface area (Å²) in [4.78, 5) is 25.0. The summed E-state index contributed by atoms with van der Waals surface area (Å²) in [6, 6.07) is 0. The van der Waals surface area contributed by atoms with Gasteiger partial charge in [0, 0.05) is 18.8 Å². The van der Waals surface area contributed by atoms with Crippen molar-refractivity contribution in [3.05, 3.63) is 37.6 Å². The van der Waals surface area contributed by atoms with Crippen LogP contribution in [-0.4, -0.2) is 26.8 Å². The normalized spacial score (nSPS) is 10.5. The van der Waals surface area contributed by atoms with E-state index in [4.69, 9.17) is 0 Å². The van der Waals surface area contributed by atoms with Crippen LogP contribution in [0.1, 0.15) is 10.6 Å². The number of hydrogen-bond acceptors (Lipinski definition) is 6. The molecule has 0 unspecified atom stereocenters. The van der Waals surface area contributed by atoms with Crippen LogP contribution in [0.15, 0.2) is 15.8 Å². The van der Waals surface area contributed by atoms with Gasteiger partial charge in [0.05, 0.1) is 6.54 Å². The number of aromatic nitrogens is 4. The van der Waals surface area contributed by atoms with Crippen molar-refractivity contribution >= 4 is 16.5 Å². The fraction of sp³-hybridized carbons (Fsp3) is 0.333. The SMILES string of the molecule is CNc1nnc(Cn2cc(C)c(=O)[nH]c2=O)s1. The molecule has 0 atom stereocenters. The van der Waals surface area contributed by atoms with Gasteiger partial charge in [-0.1, -0.05) is 11.3 Å². The predicted octanol–water partition coefficient (Wildman–Crippen LogP) is -0.213. The number of rotatable bonds is 3. The quantitative estimate of drug-likeness (QED) is 0.789. The Kier molecular flexibility index (Phi) is 3.05. The second kappa shape index (κ2) is 4.50. The molecule has 8 heteroatoms. The zero-order chi connectivity index (χ0) is 12.4. The van der Waals surface area contributed by atoms with Crippen LogP contribution in [0.4, 0.5) is 5.13 Å².